The fourth-order valence-electron chi connectivity index (χ4n) is 3.10. The average molecular weight is 274 g/mol. The Morgan fingerprint density at radius 2 is 1.85 bits per heavy atom. The van der Waals surface area contributed by atoms with Crippen LogP contribution in [0.4, 0.5) is 0 Å². The Balaban J connectivity index is 2.26. The number of carbonyl (C=O) groups excluding carboxylic acids is 1. The number of nitrogens with zero attached hydrogens (tertiary/aromatic N) is 1. The fraction of sp³-hybridized carbons (Fsp3) is 0.588. The smallest absolute Gasteiger partial charge is 0.254 e. The molecule has 1 N–H and O–H groups in total. The van der Waals surface area contributed by atoms with Gasteiger partial charge in [0, 0.05) is 18.2 Å². The Hall–Kier alpha value is -1.35. The second-order valence-electron chi connectivity index (χ2n) is 5.75. The molecule has 0 bridgehead atoms. The van der Waals surface area contributed by atoms with Gasteiger partial charge in [0.05, 0.1) is 0 Å². The number of hydrogen-bond donors (Lipinski definition) is 1. The Morgan fingerprint density at radius 3 is 2.40 bits per heavy atom. The predicted octanol–water partition coefficient (Wildman–Crippen LogP) is 2.91. The van der Waals surface area contributed by atoms with Gasteiger partial charge in [-0.05, 0) is 57.3 Å². The standard InChI is InChI=1S/C17H26N2O/c1-4-12-19(15-8-10-18-11-9-15)17(20)16-13(2)6-5-7-14(16)3/h5-7,15,18H,4,8-12H2,1-3H3. The number of piperidine rings is 1. The Kier molecular flexibility index (Phi) is 5.18. The minimum atomic E-state index is 0.217. The Labute approximate surface area is 122 Å². The lowest BCUT2D eigenvalue weighted by atomic mass is 9.98. The van der Waals surface area contributed by atoms with Crippen LogP contribution in [0.15, 0.2) is 18.2 Å². The highest BCUT2D eigenvalue weighted by Crippen LogP contribution is 2.20. The molecule has 0 saturated carbocycles. The topological polar surface area (TPSA) is 32.3 Å². The number of nitrogens with one attached hydrogen (secondary N) is 1. The maximum atomic E-state index is 13.0. The molecule has 3 nitrogen and oxygen atoms in total. The molecular weight excluding hydrogens is 248 g/mol. The molecule has 1 fully saturated rings. The minimum absolute atomic E-state index is 0.217. The van der Waals surface area contributed by atoms with Gasteiger partial charge in [0.2, 0.25) is 0 Å². The zero-order chi connectivity index (χ0) is 14.5. The molecule has 1 aliphatic heterocycles. The molecule has 20 heavy (non-hydrogen) atoms. The van der Waals surface area contributed by atoms with Crippen molar-refractivity contribution >= 4 is 5.91 Å². The molecule has 1 heterocycles. The average Bonchev–Trinajstić information content (AvgIpc) is 2.45. The highest BCUT2D eigenvalue weighted by atomic mass is 16.2. The van der Waals surface area contributed by atoms with Crippen LogP contribution in [-0.2, 0) is 0 Å². The van der Waals surface area contributed by atoms with Gasteiger partial charge in [0.15, 0.2) is 0 Å². The maximum absolute atomic E-state index is 13.0. The van der Waals surface area contributed by atoms with E-state index in [4.69, 9.17) is 0 Å². The van der Waals surface area contributed by atoms with E-state index in [-0.39, 0.29) is 5.91 Å². The van der Waals surface area contributed by atoms with Crippen LogP contribution >= 0.6 is 0 Å². The molecule has 3 heteroatoms. The van der Waals surface area contributed by atoms with Crippen molar-refractivity contribution in [1.29, 1.82) is 0 Å². The third-order valence-corrected chi connectivity index (χ3v) is 4.17. The third kappa shape index (κ3) is 3.21. The molecule has 0 spiro atoms. The van der Waals surface area contributed by atoms with E-state index in [0.29, 0.717) is 6.04 Å². The summed E-state index contributed by atoms with van der Waals surface area (Å²) in [7, 11) is 0. The Morgan fingerprint density at radius 1 is 1.25 bits per heavy atom. The quantitative estimate of drug-likeness (QED) is 0.915. The first-order chi connectivity index (χ1) is 9.65. The molecule has 1 amide bonds. The van der Waals surface area contributed by atoms with Gasteiger partial charge in [-0.15, -0.1) is 0 Å². The van der Waals surface area contributed by atoms with Gasteiger partial charge in [-0.1, -0.05) is 25.1 Å². The van der Waals surface area contributed by atoms with Crippen LogP contribution in [0.1, 0.15) is 47.7 Å². The van der Waals surface area contributed by atoms with Crippen molar-refractivity contribution in [2.45, 2.75) is 46.1 Å². The van der Waals surface area contributed by atoms with Crippen LogP contribution in [0.25, 0.3) is 0 Å². The van der Waals surface area contributed by atoms with Gasteiger partial charge >= 0.3 is 0 Å². The molecule has 0 radical (unpaired) electrons. The van der Waals surface area contributed by atoms with Crippen molar-refractivity contribution in [2.75, 3.05) is 19.6 Å². The van der Waals surface area contributed by atoms with Gasteiger partial charge in [-0.2, -0.15) is 0 Å². The summed E-state index contributed by atoms with van der Waals surface area (Å²) >= 11 is 0. The second-order valence-corrected chi connectivity index (χ2v) is 5.75. The molecule has 0 atom stereocenters. The first-order valence-corrected chi connectivity index (χ1v) is 7.73. The molecule has 0 unspecified atom stereocenters. The number of hydrogen-bond acceptors (Lipinski definition) is 2. The van der Waals surface area contributed by atoms with E-state index in [2.05, 4.69) is 17.1 Å². The molecule has 1 saturated heterocycles. The lowest BCUT2D eigenvalue weighted by molar-refractivity contribution is 0.0641. The summed E-state index contributed by atoms with van der Waals surface area (Å²) in [5.74, 6) is 0.217. The SMILES string of the molecule is CCCN(C(=O)c1c(C)cccc1C)C1CCNCC1. The minimum Gasteiger partial charge on any atom is -0.336 e. The highest BCUT2D eigenvalue weighted by molar-refractivity contribution is 5.97. The first-order valence-electron chi connectivity index (χ1n) is 7.73. The van der Waals surface area contributed by atoms with E-state index in [1.54, 1.807) is 0 Å². The number of benzene rings is 1. The van der Waals surface area contributed by atoms with Gasteiger partial charge in [0.1, 0.15) is 0 Å². The van der Waals surface area contributed by atoms with Crippen LogP contribution < -0.4 is 5.32 Å². The molecule has 1 aromatic carbocycles. The Bertz CT molecular complexity index is 444. The summed E-state index contributed by atoms with van der Waals surface area (Å²) in [6.45, 7) is 9.11. The van der Waals surface area contributed by atoms with Crippen molar-refractivity contribution < 1.29 is 4.79 Å². The van der Waals surface area contributed by atoms with Crippen molar-refractivity contribution in [2.24, 2.45) is 0 Å². The first kappa shape index (κ1) is 15.0. The van der Waals surface area contributed by atoms with Crippen LogP contribution in [0, 0.1) is 13.8 Å². The second kappa shape index (κ2) is 6.89. The van der Waals surface area contributed by atoms with E-state index in [9.17, 15) is 4.79 Å². The molecule has 110 valence electrons. The molecule has 0 aliphatic carbocycles. The van der Waals surface area contributed by atoms with E-state index in [1.165, 1.54) is 0 Å². The summed E-state index contributed by atoms with van der Waals surface area (Å²) in [4.78, 5) is 15.1. The van der Waals surface area contributed by atoms with Crippen LogP contribution in [0.3, 0.4) is 0 Å². The molecule has 0 aromatic heterocycles. The number of amides is 1. The number of aryl methyl sites for hydroxylation is 2. The predicted molar refractivity (Wildman–Crippen MR) is 83.1 cm³/mol. The third-order valence-electron chi connectivity index (χ3n) is 4.17. The summed E-state index contributed by atoms with van der Waals surface area (Å²) in [5.41, 5.74) is 3.08. The van der Waals surface area contributed by atoms with E-state index >= 15 is 0 Å². The normalized spacial score (nSPS) is 16.1. The fourth-order valence-corrected chi connectivity index (χ4v) is 3.10. The van der Waals surface area contributed by atoms with Gasteiger partial charge in [-0.25, -0.2) is 0 Å². The van der Waals surface area contributed by atoms with Crippen LogP contribution in [0.5, 0.6) is 0 Å². The zero-order valence-electron chi connectivity index (χ0n) is 12.9. The van der Waals surface area contributed by atoms with Crippen LogP contribution in [-0.4, -0.2) is 36.5 Å². The largest absolute Gasteiger partial charge is 0.336 e. The number of rotatable bonds is 4. The monoisotopic (exact) mass is 274 g/mol. The summed E-state index contributed by atoms with van der Waals surface area (Å²) < 4.78 is 0. The summed E-state index contributed by atoms with van der Waals surface area (Å²) in [5, 5.41) is 3.38. The summed E-state index contributed by atoms with van der Waals surface area (Å²) in [6, 6.07) is 6.48. The van der Waals surface area contributed by atoms with E-state index in [1.807, 2.05) is 32.0 Å². The maximum Gasteiger partial charge on any atom is 0.254 e. The van der Waals surface area contributed by atoms with Gasteiger partial charge in [-0.3, -0.25) is 4.79 Å². The van der Waals surface area contributed by atoms with Gasteiger partial charge < -0.3 is 10.2 Å². The van der Waals surface area contributed by atoms with Crippen molar-refractivity contribution in [3.05, 3.63) is 34.9 Å². The lowest BCUT2D eigenvalue weighted by Gasteiger charge is -2.35. The lowest BCUT2D eigenvalue weighted by Crippen LogP contribution is -2.46. The van der Waals surface area contributed by atoms with E-state index < -0.39 is 0 Å². The highest BCUT2D eigenvalue weighted by Gasteiger charge is 2.27. The zero-order valence-corrected chi connectivity index (χ0v) is 12.9. The van der Waals surface area contributed by atoms with E-state index in [0.717, 1.165) is 55.6 Å². The summed E-state index contributed by atoms with van der Waals surface area (Å²) in [6.07, 6.45) is 3.15. The van der Waals surface area contributed by atoms with Gasteiger partial charge in [0.25, 0.3) is 5.91 Å². The molecular formula is C17H26N2O. The van der Waals surface area contributed by atoms with Crippen molar-refractivity contribution in [3.8, 4) is 0 Å². The van der Waals surface area contributed by atoms with Crippen molar-refractivity contribution in [3.63, 3.8) is 0 Å². The van der Waals surface area contributed by atoms with Crippen molar-refractivity contribution in [1.82, 2.24) is 10.2 Å². The molecule has 1 aliphatic rings. The number of carbonyl (C=O) groups is 1. The molecule has 2 rings (SSSR count). The van der Waals surface area contributed by atoms with Crippen LogP contribution in [0.2, 0.25) is 0 Å². The molecule has 1 aromatic rings.